The molecule has 2 aromatic carbocycles. The van der Waals surface area contributed by atoms with Crippen LogP contribution >= 0.6 is 0 Å². The molecule has 1 fully saturated rings. The number of fused-ring (bicyclic) bond motifs is 1. The van der Waals surface area contributed by atoms with E-state index >= 15 is 0 Å². The molecule has 1 aromatic heterocycles. The molecule has 1 aliphatic heterocycles. The van der Waals surface area contributed by atoms with E-state index in [4.69, 9.17) is 4.74 Å². The molecule has 0 spiro atoms. The minimum atomic E-state index is 0.0970. The van der Waals surface area contributed by atoms with Crippen LogP contribution in [0.2, 0.25) is 0 Å². The van der Waals surface area contributed by atoms with Gasteiger partial charge in [0, 0.05) is 24.0 Å². The molecule has 1 aliphatic rings. The van der Waals surface area contributed by atoms with Crippen molar-refractivity contribution < 1.29 is 4.74 Å². The number of hydrogen-bond donors (Lipinski definition) is 1. The SMILES string of the molecule is COc1ccc2[nH]c(-c3ccccc3)c(CN3CCC[C@H](C)C3)c(=O)c2c1. The molecule has 27 heavy (non-hydrogen) atoms. The van der Waals surface area contributed by atoms with Gasteiger partial charge in [0.25, 0.3) is 0 Å². The highest BCUT2D eigenvalue weighted by Crippen LogP contribution is 2.26. The highest BCUT2D eigenvalue weighted by molar-refractivity contribution is 5.84. The van der Waals surface area contributed by atoms with Crippen LogP contribution in [0.1, 0.15) is 25.3 Å². The topological polar surface area (TPSA) is 45.3 Å². The van der Waals surface area contributed by atoms with Crippen LogP contribution in [0.4, 0.5) is 0 Å². The quantitative estimate of drug-likeness (QED) is 0.746. The summed E-state index contributed by atoms with van der Waals surface area (Å²) in [5, 5.41) is 0.689. The van der Waals surface area contributed by atoms with Crippen molar-refractivity contribution in [2.45, 2.75) is 26.3 Å². The van der Waals surface area contributed by atoms with Gasteiger partial charge in [-0.1, -0.05) is 37.3 Å². The number of methoxy groups -OCH3 is 1. The zero-order chi connectivity index (χ0) is 18.8. The van der Waals surface area contributed by atoms with Crippen molar-refractivity contribution in [3.63, 3.8) is 0 Å². The third-order valence-corrected chi connectivity index (χ3v) is 5.49. The number of aromatic amines is 1. The first-order valence-electron chi connectivity index (χ1n) is 9.66. The van der Waals surface area contributed by atoms with Gasteiger partial charge in [0.1, 0.15) is 5.75 Å². The van der Waals surface area contributed by atoms with Crippen molar-refractivity contribution in [1.82, 2.24) is 9.88 Å². The minimum Gasteiger partial charge on any atom is -0.497 e. The molecule has 0 saturated carbocycles. The number of rotatable bonds is 4. The number of piperidine rings is 1. The maximum absolute atomic E-state index is 13.4. The highest BCUT2D eigenvalue weighted by Gasteiger charge is 2.21. The molecule has 4 nitrogen and oxygen atoms in total. The number of likely N-dealkylation sites (tertiary alicyclic amines) is 1. The van der Waals surface area contributed by atoms with Gasteiger partial charge in [-0.05, 0) is 49.1 Å². The largest absolute Gasteiger partial charge is 0.497 e. The van der Waals surface area contributed by atoms with E-state index in [9.17, 15) is 4.79 Å². The molecule has 1 N–H and O–H groups in total. The molecule has 0 unspecified atom stereocenters. The molecule has 1 atom stereocenters. The number of H-pyrrole nitrogens is 1. The zero-order valence-electron chi connectivity index (χ0n) is 16.0. The van der Waals surface area contributed by atoms with Crippen LogP contribution in [0.5, 0.6) is 5.75 Å². The standard InChI is InChI=1S/C23H26N2O2/c1-16-7-6-12-25(14-16)15-20-22(17-8-4-3-5-9-17)24-21-11-10-18(27-2)13-19(21)23(20)26/h3-5,8-11,13,16H,6-7,12,14-15H2,1-2H3,(H,24,26)/t16-/m0/s1. The van der Waals surface area contributed by atoms with Gasteiger partial charge in [-0.15, -0.1) is 0 Å². The van der Waals surface area contributed by atoms with E-state index in [2.05, 4.69) is 28.9 Å². The summed E-state index contributed by atoms with van der Waals surface area (Å²) in [4.78, 5) is 19.4. The van der Waals surface area contributed by atoms with E-state index in [1.54, 1.807) is 7.11 Å². The Hall–Kier alpha value is -2.59. The first-order valence-corrected chi connectivity index (χ1v) is 9.66. The third-order valence-electron chi connectivity index (χ3n) is 5.49. The van der Waals surface area contributed by atoms with Crippen molar-refractivity contribution in [2.75, 3.05) is 20.2 Å². The Kier molecular flexibility index (Phi) is 4.99. The van der Waals surface area contributed by atoms with Gasteiger partial charge in [-0.25, -0.2) is 0 Å². The van der Waals surface area contributed by atoms with Gasteiger partial charge < -0.3 is 9.72 Å². The van der Waals surface area contributed by atoms with Crippen LogP contribution in [0, 0.1) is 5.92 Å². The predicted octanol–water partition coefficient (Wildman–Crippen LogP) is 4.44. The molecule has 2 heterocycles. The molecule has 1 saturated heterocycles. The Morgan fingerprint density at radius 3 is 2.74 bits per heavy atom. The maximum atomic E-state index is 13.4. The van der Waals surface area contributed by atoms with E-state index in [0.29, 0.717) is 23.6 Å². The second kappa shape index (κ2) is 7.57. The van der Waals surface area contributed by atoms with Crippen LogP contribution in [0.25, 0.3) is 22.2 Å². The van der Waals surface area contributed by atoms with Crippen LogP contribution in [0.15, 0.2) is 53.3 Å². The first-order chi connectivity index (χ1) is 13.2. The van der Waals surface area contributed by atoms with Crippen molar-refractivity contribution in [2.24, 2.45) is 5.92 Å². The van der Waals surface area contributed by atoms with E-state index in [1.165, 1.54) is 12.8 Å². The second-order valence-electron chi connectivity index (χ2n) is 7.57. The summed E-state index contributed by atoms with van der Waals surface area (Å²) in [6.45, 7) is 5.06. The van der Waals surface area contributed by atoms with E-state index in [1.807, 2.05) is 36.4 Å². The molecule has 4 rings (SSSR count). The zero-order valence-corrected chi connectivity index (χ0v) is 16.0. The van der Waals surface area contributed by atoms with Crippen molar-refractivity contribution in [3.8, 4) is 17.0 Å². The minimum absolute atomic E-state index is 0.0970. The average Bonchev–Trinajstić information content (AvgIpc) is 2.70. The molecule has 3 aromatic rings. The molecule has 0 radical (unpaired) electrons. The lowest BCUT2D eigenvalue weighted by Gasteiger charge is -2.31. The van der Waals surface area contributed by atoms with Crippen LogP contribution in [0.3, 0.4) is 0 Å². The van der Waals surface area contributed by atoms with Gasteiger partial charge in [0.05, 0.1) is 18.3 Å². The lowest BCUT2D eigenvalue weighted by atomic mass is 9.98. The normalized spacial score (nSPS) is 17.9. The Labute approximate surface area is 159 Å². The van der Waals surface area contributed by atoms with Crippen molar-refractivity contribution in [1.29, 1.82) is 0 Å². The lowest BCUT2D eigenvalue weighted by Crippen LogP contribution is -2.35. The fourth-order valence-corrected chi connectivity index (χ4v) is 4.09. The summed E-state index contributed by atoms with van der Waals surface area (Å²) in [6, 6.07) is 15.8. The molecule has 0 aliphatic carbocycles. The van der Waals surface area contributed by atoms with E-state index in [0.717, 1.165) is 35.4 Å². The van der Waals surface area contributed by atoms with Crippen LogP contribution in [-0.4, -0.2) is 30.1 Å². The molecular weight excluding hydrogens is 336 g/mol. The third kappa shape index (κ3) is 3.62. The summed E-state index contributed by atoms with van der Waals surface area (Å²) >= 11 is 0. The second-order valence-corrected chi connectivity index (χ2v) is 7.57. The number of nitrogens with one attached hydrogen (secondary N) is 1. The molecular formula is C23H26N2O2. The summed E-state index contributed by atoms with van der Waals surface area (Å²) < 4.78 is 5.33. The lowest BCUT2D eigenvalue weighted by molar-refractivity contribution is 0.176. The van der Waals surface area contributed by atoms with Gasteiger partial charge in [0.15, 0.2) is 5.43 Å². The van der Waals surface area contributed by atoms with Crippen LogP contribution in [-0.2, 0) is 6.54 Å². The number of hydrogen-bond acceptors (Lipinski definition) is 3. The van der Waals surface area contributed by atoms with Crippen molar-refractivity contribution in [3.05, 3.63) is 64.3 Å². The summed E-state index contributed by atoms with van der Waals surface area (Å²) in [5.74, 6) is 1.39. The highest BCUT2D eigenvalue weighted by atomic mass is 16.5. The smallest absolute Gasteiger partial charge is 0.194 e. The average molecular weight is 362 g/mol. The Morgan fingerprint density at radius 1 is 1.19 bits per heavy atom. The summed E-state index contributed by atoms with van der Waals surface area (Å²) in [5.41, 5.74) is 3.76. The Balaban J connectivity index is 1.87. The molecule has 0 amide bonds. The first kappa shape index (κ1) is 17.8. The monoisotopic (exact) mass is 362 g/mol. The molecule has 4 heteroatoms. The maximum Gasteiger partial charge on any atom is 0.194 e. The fraction of sp³-hybridized carbons (Fsp3) is 0.348. The van der Waals surface area contributed by atoms with Gasteiger partial charge >= 0.3 is 0 Å². The molecule has 0 bridgehead atoms. The summed E-state index contributed by atoms with van der Waals surface area (Å²) in [6.07, 6.45) is 2.47. The summed E-state index contributed by atoms with van der Waals surface area (Å²) in [7, 11) is 1.63. The fourth-order valence-electron chi connectivity index (χ4n) is 4.09. The van der Waals surface area contributed by atoms with E-state index < -0.39 is 0 Å². The predicted molar refractivity (Wildman–Crippen MR) is 110 cm³/mol. The van der Waals surface area contributed by atoms with Gasteiger partial charge in [-0.2, -0.15) is 0 Å². The van der Waals surface area contributed by atoms with Gasteiger partial charge in [0.2, 0.25) is 0 Å². The van der Waals surface area contributed by atoms with Crippen LogP contribution < -0.4 is 10.2 Å². The number of pyridine rings is 1. The Morgan fingerprint density at radius 2 is 2.00 bits per heavy atom. The van der Waals surface area contributed by atoms with Gasteiger partial charge in [-0.3, -0.25) is 9.69 Å². The number of nitrogens with zero attached hydrogens (tertiary/aromatic N) is 1. The molecule has 140 valence electrons. The Bertz CT molecular complexity index is 994. The number of benzene rings is 2. The van der Waals surface area contributed by atoms with Crippen molar-refractivity contribution >= 4 is 10.9 Å². The van der Waals surface area contributed by atoms with E-state index in [-0.39, 0.29) is 5.43 Å². The number of ether oxygens (including phenoxy) is 1. The number of aromatic nitrogens is 1.